The van der Waals surface area contributed by atoms with Crippen molar-refractivity contribution < 1.29 is 9.59 Å². The molecule has 0 radical (unpaired) electrons. The van der Waals surface area contributed by atoms with Gasteiger partial charge in [0, 0.05) is 43.5 Å². The second-order valence-electron chi connectivity index (χ2n) is 5.84. The van der Waals surface area contributed by atoms with Crippen LogP contribution in [0.25, 0.3) is 0 Å². The number of hydrogen-bond acceptors (Lipinski definition) is 3. The number of urea groups is 1. The number of hydrogen-bond donors (Lipinski definition) is 1. The van der Waals surface area contributed by atoms with Crippen LogP contribution in [0.2, 0.25) is 0 Å². The molecule has 120 valence electrons. The van der Waals surface area contributed by atoms with Gasteiger partial charge in [0.15, 0.2) is 5.78 Å². The number of anilines is 1. The van der Waals surface area contributed by atoms with Gasteiger partial charge in [0.2, 0.25) is 0 Å². The minimum absolute atomic E-state index is 0.0269. The standard InChI is InChI=1S/C17H25N3O2/c1-4-13(2)19-9-11-20(12-10-19)17(22)18-16-7-5-15(6-8-16)14(3)21/h5-8,13H,4,9-12H2,1-3H3,(H,18,22). The first-order valence-electron chi connectivity index (χ1n) is 7.92. The van der Waals surface area contributed by atoms with Gasteiger partial charge in [0.1, 0.15) is 0 Å². The van der Waals surface area contributed by atoms with Crippen LogP contribution in [-0.2, 0) is 0 Å². The number of piperazine rings is 1. The first-order chi connectivity index (χ1) is 10.5. The Kier molecular flexibility index (Phi) is 5.55. The smallest absolute Gasteiger partial charge is 0.321 e. The highest BCUT2D eigenvalue weighted by Crippen LogP contribution is 2.13. The van der Waals surface area contributed by atoms with Crippen molar-refractivity contribution >= 4 is 17.5 Å². The largest absolute Gasteiger partial charge is 0.322 e. The average molecular weight is 303 g/mol. The van der Waals surface area contributed by atoms with Crippen molar-refractivity contribution in [2.75, 3.05) is 31.5 Å². The molecule has 22 heavy (non-hydrogen) atoms. The van der Waals surface area contributed by atoms with E-state index >= 15 is 0 Å². The van der Waals surface area contributed by atoms with Crippen molar-refractivity contribution in [3.05, 3.63) is 29.8 Å². The van der Waals surface area contributed by atoms with Gasteiger partial charge in [-0.2, -0.15) is 0 Å². The number of Topliss-reactive ketones (excluding diaryl/α,β-unsaturated/α-hetero) is 1. The zero-order valence-corrected chi connectivity index (χ0v) is 13.6. The number of nitrogens with zero attached hydrogens (tertiary/aromatic N) is 2. The van der Waals surface area contributed by atoms with Crippen LogP contribution in [0.4, 0.5) is 10.5 Å². The van der Waals surface area contributed by atoms with Gasteiger partial charge in [-0.1, -0.05) is 6.92 Å². The summed E-state index contributed by atoms with van der Waals surface area (Å²) in [6.45, 7) is 9.30. The molecule has 0 bridgehead atoms. The number of carbonyl (C=O) groups is 2. The van der Waals surface area contributed by atoms with Crippen LogP contribution in [0.5, 0.6) is 0 Å². The number of ketones is 1. The Hall–Kier alpha value is -1.88. The zero-order valence-electron chi connectivity index (χ0n) is 13.6. The summed E-state index contributed by atoms with van der Waals surface area (Å²) in [6.07, 6.45) is 1.13. The van der Waals surface area contributed by atoms with Crippen molar-refractivity contribution in [1.29, 1.82) is 0 Å². The molecular formula is C17H25N3O2. The van der Waals surface area contributed by atoms with E-state index in [0.717, 1.165) is 38.3 Å². The van der Waals surface area contributed by atoms with E-state index < -0.39 is 0 Å². The van der Waals surface area contributed by atoms with Gasteiger partial charge in [0.25, 0.3) is 0 Å². The van der Waals surface area contributed by atoms with Gasteiger partial charge in [0.05, 0.1) is 0 Å². The number of carbonyl (C=O) groups excluding carboxylic acids is 2. The molecule has 1 aliphatic rings. The second-order valence-corrected chi connectivity index (χ2v) is 5.84. The summed E-state index contributed by atoms with van der Waals surface area (Å²) in [7, 11) is 0. The summed E-state index contributed by atoms with van der Waals surface area (Å²) in [6, 6.07) is 7.51. The van der Waals surface area contributed by atoms with Crippen LogP contribution in [-0.4, -0.2) is 53.8 Å². The highest BCUT2D eigenvalue weighted by atomic mass is 16.2. The number of rotatable bonds is 4. The third-order valence-electron chi connectivity index (χ3n) is 4.36. The lowest BCUT2D eigenvalue weighted by molar-refractivity contribution is 0.101. The lowest BCUT2D eigenvalue weighted by atomic mass is 10.1. The predicted octanol–water partition coefficient (Wildman–Crippen LogP) is 2.84. The molecule has 5 nitrogen and oxygen atoms in total. The summed E-state index contributed by atoms with van der Waals surface area (Å²) < 4.78 is 0. The fraction of sp³-hybridized carbons (Fsp3) is 0.529. The number of amides is 2. The van der Waals surface area contributed by atoms with Crippen LogP contribution >= 0.6 is 0 Å². The van der Waals surface area contributed by atoms with Crippen molar-refractivity contribution in [2.24, 2.45) is 0 Å². The van der Waals surface area contributed by atoms with E-state index in [1.807, 2.05) is 4.90 Å². The van der Waals surface area contributed by atoms with Gasteiger partial charge in [-0.25, -0.2) is 4.79 Å². The minimum atomic E-state index is -0.0700. The van der Waals surface area contributed by atoms with Crippen molar-refractivity contribution in [3.63, 3.8) is 0 Å². The molecule has 2 amide bonds. The Morgan fingerprint density at radius 2 is 1.73 bits per heavy atom. The molecule has 1 saturated heterocycles. The predicted molar refractivity (Wildman–Crippen MR) is 88.4 cm³/mol. The van der Waals surface area contributed by atoms with E-state index in [-0.39, 0.29) is 11.8 Å². The summed E-state index contributed by atoms with van der Waals surface area (Å²) in [4.78, 5) is 27.8. The van der Waals surface area contributed by atoms with Gasteiger partial charge in [-0.15, -0.1) is 0 Å². The Morgan fingerprint density at radius 3 is 2.23 bits per heavy atom. The Balaban J connectivity index is 1.87. The fourth-order valence-electron chi connectivity index (χ4n) is 2.61. The molecule has 0 aromatic heterocycles. The molecule has 0 saturated carbocycles. The Labute approximate surface area is 132 Å². The molecule has 5 heteroatoms. The SMILES string of the molecule is CCC(C)N1CCN(C(=O)Nc2ccc(C(C)=O)cc2)CC1. The number of benzene rings is 1. The Morgan fingerprint density at radius 1 is 1.14 bits per heavy atom. The van der Waals surface area contributed by atoms with Crippen LogP contribution < -0.4 is 5.32 Å². The third kappa shape index (κ3) is 4.07. The van der Waals surface area contributed by atoms with Crippen LogP contribution in [0.1, 0.15) is 37.6 Å². The van der Waals surface area contributed by atoms with Crippen molar-refractivity contribution in [3.8, 4) is 0 Å². The Bertz CT molecular complexity index is 519. The van der Waals surface area contributed by atoms with Crippen LogP contribution in [0.15, 0.2) is 24.3 Å². The molecule has 2 rings (SSSR count). The highest BCUT2D eigenvalue weighted by molar-refractivity contribution is 5.95. The molecule has 1 fully saturated rings. The maximum atomic E-state index is 12.3. The third-order valence-corrected chi connectivity index (χ3v) is 4.36. The lowest BCUT2D eigenvalue weighted by Gasteiger charge is -2.37. The van der Waals surface area contributed by atoms with Crippen LogP contribution in [0.3, 0.4) is 0 Å². The van der Waals surface area contributed by atoms with Gasteiger partial charge in [-0.05, 0) is 44.5 Å². The van der Waals surface area contributed by atoms with Crippen molar-refractivity contribution in [1.82, 2.24) is 9.80 Å². The van der Waals surface area contributed by atoms with E-state index in [0.29, 0.717) is 11.6 Å². The lowest BCUT2D eigenvalue weighted by Crippen LogP contribution is -2.52. The first kappa shape index (κ1) is 16.5. The minimum Gasteiger partial charge on any atom is -0.322 e. The zero-order chi connectivity index (χ0) is 16.1. The molecule has 1 N–H and O–H groups in total. The summed E-state index contributed by atoms with van der Waals surface area (Å²) in [5, 5.41) is 2.89. The molecule has 1 aliphatic heterocycles. The monoisotopic (exact) mass is 303 g/mol. The van der Waals surface area contributed by atoms with E-state index in [2.05, 4.69) is 24.1 Å². The summed E-state index contributed by atoms with van der Waals surface area (Å²) in [5.41, 5.74) is 1.37. The molecule has 0 aliphatic carbocycles. The normalized spacial score (nSPS) is 17.1. The number of nitrogens with one attached hydrogen (secondary N) is 1. The topological polar surface area (TPSA) is 52.6 Å². The van der Waals surface area contributed by atoms with Gasteiger partial charge >= 0.3 is 6.03 Å². The van der Waals surface area contributed by atoms with Gasteiger partial charge in [-0.3, -0.25) is 9.69 Å². The second kappa shape index (κ2) is 7.40. The first-order valence-corrected chi connectivity index (χ1v) is 7.92. The molecule has 1 aromatic rings. The fourth-order valence-corrected chi connectivity index (χ4v) is 2.61. The molecule has 1 heterocycles. The molecule has 1 atom stereocenters. The van der Waals surface area contributed by atoms with E-state index in [4.69, 9.17) is 0 Å². The maximum absolute atomic E-state index is 12.3. The molecule has 1 unspecified atom stereocenters. The van der Waals surface area contributed by atoms with Crippen molar-refractivity contribution in [2.45, 2.75) is 33.2 Å². The molecule has 0 spiro atoms. The van der Waals surface area contributed by atoms with E-state index in [9.17, 15) is 9.59 Å². The summed E-state index contributed by atoms with van der Waals surface area (Å²) >= 11 is 0. The van der Waals surface area contributed by atoms with E-state index in [1.165, 1.54) is 6.92 Å². The molecular weight excluding hydrogens is 278 g/mol. The average Bonchev–Trinajstić information content (AvgIpc) is 2.54. The summed E-state index contributed by atoms with van der Waals surface area (Å²) in [5.74, 6) is 0.0269. The maximum Gasteiger partial charge on any atom is 0.321 e. The molecule has 1 aromatic carbocycles. The van der Waals surface area contributed by atoms with E-state index in [1.54, 1.807) is 24.3 Å². The van der Waals surface area contributed by atoms with Crippen LogP contribution in [0, 0.1) is 0 Å². The highest BCUT2D eigenvalue weighted by Gasteiger charge is 2.23. The van der Waals surface area contributed by atoms with Gasteiger partial charge < -0.3 is 10.2 Å². The quantitative estimate of drug-likeness (QED) is 0.870.